The van der Waals surface area contributed by atoms with Gasteiger partial charge in [0.1, 0.15) is 0 Å². The first-order valence-electron chi connectivity index (χ1n) is 9.02. The zero-order valence-electron chi connectivity index (χ0n) is 16.8. The van der Waals surface area contributed by atoms with Crippen molar-refractivity contribution in [1.82, 2.24) is 14.9 Å². The van der Waals surface area contributed by atoms with Crippen molar-refractivity contribution in [2.75, 3.05) is 27.4 Å². The molecule has 9 nitrogen and oxygen atoms in total. The Morgan fingerprint density at radius 1 is 1.31 bits per heavy atom. The highest BCUT2D eigenvalue weighted by atomic mass is 32.2. The fourth-order valence-corrected chi connectivity index (χ4v) is 3.53. The molecular weight excluding hydrogens is 398 g/mol. The number of aliphatic hydroxyl groups excluding tert-OH is 1. The number of ether oxygens (including phenoxy) is 2. The topological polar surface area (TPSA) is 120 Å². The number of aromatic nitrogens is 2. The van der Waals surface area contributed by atoms with Crippen molar-refractivity contribution in [3.8, 4) is 0 Å². The molecule has 2 rings (SSSR count). The highest BCUT2D eigenvalue weighted by Gasteiger charge is 2.20. The van der Waals surface area contributed by atoms with Crippen molar-refractivity contribution in [2.45, 2.75) is 36.9 Å². The number of hydrogen-bond donors (Lipinski definition) is 2. The Morgan fingerprint density at radius 3 is 2.66 bits per heavy atom. The number of thioether (sulfide) groups is 1. The number of carbonyl (C=O) groups is 2. The summed E-state index contributed by atoms with van der Waals surface area (Å²) in [5.74, 6) is -0.768. The van der Waals surface area contributed by atoms with Crippen LogP contribution in [0.5, 0.6) is 0 Å². The fraction of sp³-hybridized carbons (Fsp3) is 0.474. The van der Waals surface area contributed by atoms with Crippen LogP contribution in [0.2, 0.25) is 0 Å². The van der Waals surface area contributed by atoms with Crippen LogP contribution >= 0.6 is 11.8 Å². The number of esters is 1. The molecule has 1 heterocycles. The van der Waals surface area contributed by atoms with Gasteiger partial charge in [0, 0.05) is 13.7 Å². The van der Waals surface area contributed by atoms with E-state index in [4.69, 9.17) is 9.47 Å². The number of carbonyl (C=O) groups excluding carboxylic acids is 2. The Morgan fingerprint density at radius 2 is 2.03 bits per heavy atom. The SMILES string of the molecule is COCCNC(=O)[C@@H](C)Sc1nc2cc(C(=O)OC)ccc2c(=O)n1C[C@H](C)O. The third-order valence-corrected chi connectivity index (χ3v) is 5.14. The van der Waals surface area contributed by atoms with Gasteiger partial charge in [0.25, 0.3) is 5.56 Å². The normalized spacial score (nSPS) is 13.1. The molecular formula is C19H25N3O6S. The number of nitrogens with one attached hydrogen (secondary N) is 1. The lowest BCUT2D eigenvalue weighted by atomic mass is 10.1. The lowest BCUT2D eigenvalue weighted by Crippen LogP contribution is -2.34. The number of amides is 1. The van der Waals surface area contributed by atoms with Gasteiger partial charge in [-0.3, -0.25) is 14.2 Å². The minimum Gasteiger partial charge on any atom is -0.465 e. The van der Waals surface area contributed by atoms with Gasteiger partial charge in [-0.15, -0.1) is 0 Å². The van der Waals surface area contributed by atoms with Gasteiger partial charge >= 0.3 is 5.97 Å². The lowest BCUT2D eigenvalue weighted by Gasteiger charge is -2.17. The number of nitrogens with zero attached hydrogens (tertiary/aromatic N) is 2. The smallest absolute Gasteiger partial charge is 0.337 e. The van der Waals surface area contributed by atoms with Crippen molar-refractivity contribution in [3.63, 3.8) is 0 Å². The van der Waals surface area contributed by atoms with Crippen molar-refractivity contribution in [3.05, 3.63) is 34.1 Å². The molecule has 1 aromatic heterocycles. The van der Waals surface area contributed by atoms with E-state index in [1.54, 1.807) is 21.0 Å². The molecule has 1 amide bonds. The van der Waals surface area contributed by atoms with Crippen LogP contribution in [-0.2, 0) is 20.8 Å². The molecule has 0 aliphatic rings. The van der Waals surface area contributed by atoms with Crippen LogP contribution in [0.25, 0.3) is 10.9 Å². The zero-order chi connectivity index (χ0) is 21.6. The minimum atomic E-state index is -0.786. The largest absolute Gasteiger partial charge is 0.465 e. The summed E-state index contributed by atoms with van der Waals surface area (Å²) in [5.41, 5.74) is 0.220. The first-order chi connectivity index (χ1) is 13.8. The summed E-state index contributed by atoms with van der Waals surface area (Å²) < 4.78 is 11.0. The Hall–Kier alpha value is -2.43. The lowest BCUT2D eigenvalue weighted by molar-refractivity contribution is -0.120. The second kappa shape index (κ2) is 10.4. The van der Waals surface area contributed by atoms with E-state index in [-0.39, 0.29) is 28.7 Å². The molecule has 10 heteroatoms. The monoisotopic (exact) mass is 423 g/mol. The Balaban J connectivity index is 2.45. The molecule has 0 aliphatic heterocycles. The molecule has 0 saturated carbocycles. The number of fused-ring (bicyclic) bond motifs is 1. The molecule has 2 aromatic rings. The van der Waals surface area contributed by atoms with E-state index in [9.17, 15) is 19.5 Å². The van der Waals surface area contributed by atoms with Crippen LogP contribution in [0.3, 0.4) is 0 Å². The zero-order valence-corrected chi connectivity index (χ0v) is 17.6. The van der Waals surface area contributed by atoms with Crippen molar-refractivity contribution < 1.29 is 24.2 Å². The standard InChI is InChI=1S/C19H25N3O6S/c1-11(23)10-22-17(25)14-6-5-13(18(26)28-4)9-15(14)21-19(22)29-12(2)16(24)20-7-8-27-3/h5-6,9,11-12,23H,7-8,10H2,1-4H3,(H,20,24)/t11-,12+/m0/s1. The Kier molecular flexibility index (Phi) is 8.18. The highest BCUT2D eigenvalue weighted by Crippen LogP contribution is 2.23. The van der Waals surface area contributed by atoms with Crippen molar-refractivity contribution in [1.29, 1.82) is 0 Å². The highest BCUT2D eigenvalue weighted by molar-refractivity contribution is 8.00. The third kappa shape index (κ3) is 5.78. The van der Waals surface area contributed by atoms with Crippen LogP contribution < -0.4 is 10.9 Å². The summed E-state index contributed by atoms with van der Waals surface area (Å²) in [5, 5.41) is 12.6. The Bertz CT molecular complexity index is 943. The maximum atomic E-state index is 13.0. The van der Waals surface area contributed by atoms with Crippen LogP contribution in [0.4, 0.5) is 0 Å². The number of methoxy groups -OCH3 is 2. The summed E-state index contributed by atoms with van der Waals surface area (Å²) in [6.07, 6.45) is -0.786. The average molecular weight is 423 g/mol. The molecule has 0 radical (unpaired) electrons. The molecule has 0 unspecified atom stereocenters. The van der Waals surface area contributed by atoms with Crippen LogP contribution in [-0.4, -0.2) is 65.3 Å². The van der Waals surface area contributed by atoms with Crippen LogP contribution in [0.15, 0.2) is 28.2 Å². The first kappa shape index (κ1) is 22.9. The summed E-state index contributed by atoms with van der Waals surface area (Å²) >= 11 is 1.10. The fourth-order valence-electron chi connectivity index (χ4n) is 2.59. The summed E-state index contributed by atoms with van der Waals surface area (Å²) in [4.78, 5) is 41.5. The third-order valence-electron chi connectivity index (χ3n) is 4.05. The molecule has 0 bridgehead atoms. The molecule has 2 atom stereocenters. The molecule has 0 fully saturated rings. The predicted octanol–water partition coefficient (Wildman–Crippen LogP) is 0.807. The van der Waals surface area contributed by atoms with Gasteiger partial charge < -0.3 is 19.9 Å². The van der Waals surface area contributed by atoms with Crippen LogP contribution in [0.1, 0.15) is 24.2 Å². The molecule has 0 aliphatic carbocycles. The quantitative estimate of drug-likeness (QED) is 0.263. The molecule has 0 spiro atoms. The maximum absolute atomic E-state index is 13.0. The summed E-state index contributed by atoms with van der Waals surface area (Å²) in [7, 11) is 2.81. The van der Waals surface area contributed by atoms with E-state index in [0.29, 0.717) is 24.1 Å². The summed E-state index contributed by atoms with van der Waals surface area (Å²) in [6, 6.07) is 4.47. The number of benzene rings is 1. The second-order valence-corrected chi connectivity index (χ2v) is 7.73. The second-order valence-electron chi connectivity index (χ2n) is 6.43. The van der Waals surface area contributed by atoms with Gasteiger partial charge in [-0.05, 0) is 32.0 Å². The van der Waals surface area contributed by atoms with E-state index in [1.807, 2.05) is 0 Å². The van der Waals surface area contributed by atoms with Gasteiger partial charge in [-0.25, -0.2) is 9.78 Å². The van der Waals surface area contributed by atoms with E-state index in [0.717, 1.165) is 11.8 Å². The maximum Gasteiger partial charge on any atom is 0.337 e. The van der Waals surface area contributed by atoms with Gasteiger partial charge in [0.15, 0.2) is 5.16 Å². The van der Waals surface area contributed by atoms with Crippen molar-refractivity contribution in [2.24, 2.45) is 0 Å². The molecule has 2 N–H and O–H groups in total. The van der Waals surface area contributed by atoms with Gasteiger partial charge in [0.2, 0.25) is 5.91 Å². The molecule has 29 heavy (non-hydrogen) atoms. The number of aliphatic hydroxyl groups is 1. The predicted molar refractivity (Wildman–Crippen MR) is 109 cm³/mol. The van der Waals surface area contributed by atoms with Gasteiger partial charge in [-0.1, -0.05) is 11.8 Å². The van der Waals surface area contributed by atoms with Crippen LogP contribution in [0, 0.1) is 0 Å². The molecule has 0 saturated heterocycles. The van der Waals surface area contributed by atoms with E-state index < -0.39 is 17.3 Å². The van der Waals surface area contributed by atoms with E-state index in [1.165, 1.54) is 29.9 Å². The number of hydrogen-bond acceptors (Lipinski definition) is 8. The molecule has 1 aromatic carbocycles. The van der Waals surface area contributed by atoms with E-state index in [2.05, 4.69) is 10.3 Å². The Labute approximate surface area is 172 Å². The van der Waals surface area contributed by atoms with Gasteiger partial charge in [-0.2, -0.15) is 0 Å². The minimum absolute atomic E-state index is 0.0286. The van der Waals surface area contributed by atoms with Crippen molar-refractivity contribution >= 4 is 34.5 Å². The number of rotatable bonds is 9. The van der Waals surface area contributed by atoms with E-state index >= 15 is 0 Å². The molecule has 158 valence electrons. The average Bonchev–Trinajstić information content (AvgIpc) is 2.69. The summed E-state index contributed by atoms with van der Waals surface area (Å²) in [6.45, 7) is 4.04. The first-order valence-corrected chi connectivity index (χ1v) is 9.90. The van der Waals surface area contributed by atoms with Gasteiger partial charge in [0.05, 0.1) is 48.1 Å².